The van der Waals surface area contributed by atoms with Crippen molar-refractivity contribution in [1.29, 1.82) is 0 Å². The number of morpholine rings is 1. The van der Waals surface area contributed by atoms with E-state index >= 15 is 0 Å². The number of nitrogens with zero attached hydrogens (tertiary/aromatic N) is 7. The summed E-state index contributed by atoms with van der Waals surface area (Å²) >= 11 is 0. The van der Waals surface area contributed by atoms with Crippen LogP contribution >= 0.6 is 0 Å². The van der Waals surface area contributed by atoms with Crippen LogP contribution in [-0.4, -0.2) is 61.0 Å². The van der Waals surface area contributed by atoms with E-state index in [1.165, 1.54) is 17.3 Å². The van der Waals surface area contributed by atoms with Gasteiger partial charge in [0.1, 0.15) is 12.7 Å². The highest BCUT2D eigenvalue weighted by Gasteiger charge is 2.13. The molecule has 11 nitrogen and oxygen atoms in total. The van der Waals surface area contributed by atoms with Crippen molar-refractivity contribution in [1.82, 2.24) is 34.7 Å². The van der Waals surface area contributed by atoms with E-state index in [0.29, 0.717) is 25.1 Å². The van der Waals surface area contributed by atoms with Crippen LogP contribution in [0.2, 0.25) is 0 Å². The van der Waals surface area contributed by atoms with E-state index in [1.807, 2.05) is 5.01 Å². The molecule has 2 aromatic rings. The molecule has 0 bridgehead atoms. The van der Waals surface area contributed by atoms with Crippen LogP contribution in [0.3, 0.4) is 0 Å². The second-order valence-corrected chi connectivity index (χ2v) is 3.98. The molecule has 1 aliphatic rings. The standard InChI is InChI=1S/C9H14N10O/c10-16-7-13-8(17-18-1-3-20-4-2-18)15-9(14-7)19-6-11-5-12-19/h5-6H,1-4,10H2,(H2,13,14,15,16,17). The van der Waals surface area contributed by atoms with Gasteiger partial charge in [-0.15, -0.1) is 0 Å². The summed E-state index contributed by atoms with van der Waals surface area (Å²) in [6.07, 6.45) is 2.89. The largest absolute Gasteiger partial charge is 0.379 e. The molecule has 20 heavy (non-hydrogen) atoms. The van der Waals surface area contributed by atoms with E-state index in [-0.39, 0.29) is 5.95 Å². The minimum atomic E-state index is 0.237. The van der Waals surface area contributed by atoms with Crippen LogP contribution in [0.1, 0.15) is 0 Å². The first-order valence-corrected chi connectivity index (χ1v) is 6.02. The maximum Gasteiger partial charge on any atom is 0.258 e. The molecule has 11 heteroatoms. The van der Waals surface area contributed by atoms with Gasteiger partial charge in [0.05, 0.1) is 13.2 Å². The summed E-state index contributed by atoms with van der Waals surface area (Å²) in [5.41, 5.74) is 5.49. The van der Waals surface area contributed by atoms with Gasteiger partial charge in [-0.3, -0.25) is 10.9 Å². The molecule has 0 amide bonds. The number of hydrogen-bond donors (Lipinski definition) is 3. The molecule has 0 aromatic carbocycles. The topological polar surface area (TPSA) is 132 Å². The lowest BCUT2D eigenvalue weighted by atomic mass is 10.5. The van der Waals surface area contributed by atoms with Crippen molar-refractivity contribution in [3.63, 3.8) is 0 Å². The van der Waals surface area contributed by atoms with E-state index in [9.17, 15) is 0 Å². The average molecular weight is 278 g/mol. The third kappa shape index (κ3) is 2.79. The van der Waals surface area contributed by atoms with Crippen molar-refractivity contribution in [3.8, 4) is 5.95 Å². The van der Waals surface area contributed by atoms with Crippen LogP contribution < -0.4 is 16.7 Å². The van der Waals surface area contributed by atoms with Crippen molar-refractivity contribution in [2.24, 2.45) is 5.84 Å². The lowest BCUT2D eigenvalue weighted by Crippen LogP contribution is -2.40. The maximum absolute atomic E-state index is 5.36. The Morgan fingerprint density at radius 2 is 1.95 bits per heavy atom. The minimum absolute atomic E-state index is 0.237. The second-order valence-electron chi connectivity index (χ2n) is 3.98. The third-order valence-corrected chi connectivity index (χ3v) is 2.65. The van der Waals surface area contributed by atoms with Crippen molar-refractivity contribution in [3.05, 3.63) is 12.7 Å². The Bertz CT molecular complexity index is 552. The van der Waals surface area contributed by atoms with Crippen LogP contribution in [0, 0.1) is 0 Å². The molecular weight excluding hydrogens is 264 g/mol. The molecule has 1 saturated heterocycles. The number of rotatable bonds is 4. The molecule has 0 aliphatic carbocycles. The van der Waals surface area contributed by atoms with Crippen molar-refractivity contribution < 1.29 is 4.74 Å². The van der Waals surface area contributed by atoms with Crippen molar-refractivity contribution in [2.75, 3.05) is 37.2 Å². The SMILES string of the molecule is NNc1nc(NN2CCOCC2)nc(-n2cncn2)n1. The molecule has 0 saturated carbocycles. The number of nitrogen functional groups attached to an aromatic ring is 1. The zero-order valence-electron chi connectivity index (χ0n) is 10.6. The van der Waals surface area contributed by atoms with Gasteiger partial charge in [0.25, 0.3) is 5.95 Å². The number of nitrogens with one attached hydrogen (secondary N) is 2. The molecule has 2 aromatic heterocycles. The molecule has 1 fully saturated rings. The first-order chi connectivity index (χ1) is 9.85. The van der Waals surface area contributed by atoms with E-state index in [0.717, 1.165) is 13.1 Å². The predicted octanol–water partition coefficient (Wildman–Crippen LogP) is -1.60. The number of nitrogens with two attached hydrogens (primary N) is 1. The Kier molecular flexibility index (Phi) is 3.62. The molecule has 0 radical (unpaired) electrons. The molecule has 106 valence electrons. The van der Waals surface area contributed by atoms with Gasteiger partial charge in [-0.1, -0.05) is 0 Å². The molecule has 0 atom stereocenters. The van der Waals surface area contributed by atoms with Gasteiger partial charge in [-0.25, -0.2) is 15.8 Å². The van der Waals surface area contributed by atoms with Gasteiger partial charge in [0.2, 0.25) is 11.9 Å². The molecule has 3 heterocycles. The number of hydrogen-bond acceptors (Lipinski definition) is 10. The Balaban J connectivity index is 1.84. The Morgan fingerprint density at radius 1 is 1.15 bits per heavy atom. The first kappa shape index (κ1) is 12.7. The van der Waals surface area contributed by atoms with Crippen LogP contribution in [0.5, 0.6) is 0 Å². The Morgan fingerprint density at radius 3 is 2.65 bits per heavy atom. The molecule has 0 spiro atoms. The Hall–Kier alpha value is -2.37. The van der Waals surface area contributed by atoms with Crippen LogP contribution in [0.25, 0.3) is 5.95 Å². The summed E-state index contributed by atoms with van der Waals surface area (Å²) in [7, 11) is 0. The van der Waals surface area contributed by atoms with Crippen molar-refractivity contribution in [2.45, 2.75) is 0 Å². The zero-order valence-corrected chi connectivity index (χ0v) is 10.6. The lowest BCUT2D eigenvalue weighted by molar-refractivity contribution is 0.0492. The average Bonchev–Trinajstić information content (AvgIpc) is 3.02. The van der Waals surface area contributed by atoms with E-state index < -0.39 is 0 Å². The number of aromatic nitrogens is 6. The fraction of sp³-hybridized carbons (Fsp3) is 0.444. The van der Waals surface area contributed by atoms with Gasteiger partial charge in [0.15, 0.2) is 0 Å². The highest BCUT2D eigenvalue weighted by molar-refractivity contribution is 5.36. The monoisotopic (exact) mass is 278 g/mol. The number of anilines is 2. The summed E-state index contributed by atoms with van der Waals surface area (Å²) in [6, 6.07) is 0. The predicted molar refractivity (Wildman–Crippen MR) is 68.6 cm³/mol. The maximum atomic E-state index is 5.36. The van der Waals surface area contributed by atoms with Gasteiger partial charge >= 0.3 is 0 Å². The highest BCUT2D eigenvalue weighted by Crippen LogP contribution is 2.09. The van der Waals surface area contributed by atoms with Crippen molar-refractivity contribution >= 4 is 11.9 Å². The van der Waals surface area contributed by atoms with E-state index in [4.69, 9.17) is 10.6 Å². The smallest absolute Gasteiger partial charge is 0.258 e. The van der Waals surface area contributed by atoms with Gasteiger partial charge < -0.3 is 4.74 Å². The second kappa shape index (κ2) is 5.73. The molecule has 4 N–H and O–H groups in total. The number of ether oxygens (including phenoxy) is 1. The zero-order chi connectivity index (χ0) is 13.8. The minimum Gasteiger partial charge on any atom is -0.379 e. The molecule has 3 rings (SSSR count). The quantitative estimate of drug-likeness (QED) is 0.443. The molecular formula is C9H14N10O. The summed E-state index contributed by atoms with van der Waals surface area (Å²) in [6.45, 7) is 2.82. The summed E-state index contributed by atoms with van der Waals surface area (Å²) in [4.78, 5) is 16.4. The number of hydrazine groups is 2. The van der Waals surface area contributed by atoms with E-state index in [1.54, 1.807) is 0 Å². The van der Waals surface area contributed by atoms with Crippen LogP contribution in [-0.2, 0) is 4.74 Å². The van der Waals surface area contributed by atoms with Gasteiger partial charge in [0, 0.05) is 13.1 Å². The van der Waals surface area contributed by atoms with Gasteiger partial charge in [-0.05, 0) is 0 Å². The normalized spacial score (nSPS) is 16.1. The lowest BCUT2D eigenvalue weighted by Gasteiger charge is -2.26. The molecule has 0 unspecified atom stereocenters. The summed E-state index contributed by atoms with van der Waals surface area (Å²) in [5, 5.41) is 5.94. The summed E-state index contributed by atoms with van der Waals surface area (Å²) < 4.78 is 6.70. The third-order valence-electron chi connectivity index (χ3n) is 2.65. The summed E-state index contributed by atoms with van der Waals surface area (Å²) in [5.74, 6) is 6.30. The highest BCUT2D eigenvalue weighted by atomic mass is 16.5. The fourth-order valence-corrected chi connectivity index (χ4v) is 1.71. The van der Waals surface area contributed by atoms with Gasteiger partial charge in [-0.2, -0.15) is 24.7 Å². The fourth-order valence-electron chi connectivity index (χ4n) is 1.71. The van der Waals surface area contributed by atoms with Crippen LogP contribution in [0.15, 0.2) is 12.7 Å². The van der Waals surface area contributed by atoms with E-state index in [2.05, 4.69) is 35.9 Å². The molecule has 1 aliphatic heterocycles. The Labute approximate surface area is 114 Å². The van der Waals surface area contributed by atoms with Crippen LogP contribution in [0.4, 0.5) is 11.9 Å². The first-order valence-electron chi connectivity index (χ1n) is 6.02.